The van der Waals surface area contributed by atoms with E-state index in [-0.39, 0.29) is 9.80 Å². The second-order valence-corrected chi connectivity index (χ2v) is 7.93. The lowest BCUT2D eigenvalue weighted by Crippen LogP contribution is -2.05. The van der Waals surface area contributed by atoms with Crippen LogP contribution < -0.4 is 0 Å². The summed E-state index contributed by atoms with van der Waals surface area (Å²) in [4.78, 5) is -0.0314. The molecule has 2 rings (SSSR count). The summed E-state index contributed by atoms with van der Waals surface area (Å²) in [5, 5.41) is 11.1. The second kappa shape index (κ2) is 6.56. The molecule has 0 radical (unpaired) electrons. The molecular formula is C15H13NO2S3. The van der Waals surface area contributed by atoms with Gasteiger partial charge >= 0.3 is 0 Å². The number of allylic oxidation sites excluding steroid dienone is 1. The van der Waals surface area contributed by atoms with E-state index in [4.69, 9.17) is 0 Å². The fourth-order valence-corrected chi connectivity index (χ4v) is 5.33. The molecule has 0 heterocycles. The predicted molar refractivity (Wildman–Crippen MR) is 90.8 cm³/mol. The van der Waals surface area contributed by atoms with Gasteiger partial charge in [0.05, 0.1) is 9.13 Å². The maximum absolute atomic E-state index is 12.7. The van der Waals surface area contributed by atoms with Gasteiger partial charge < -0.3 is 0 Å². The molecule has 0 aliphatic rings. The Hall–Kier alpha value is -1.42. The highest BCUT2D eigenvalue weighted by molar-refractivity contribution is 8.22. The van der Waals surface area contributed by atoms with E-state index in [1.165, 1.54) is 23.5 Å². The number of hydrogen-bond acceptors (Lipinski definition) is 5. The number of thioether (sulfide) groups is 2. The lowest BCUT2D eigenvalue weighted by atomic mass is 10.1. The van der Waals surface area contributed by atoms with Gasteiger partial charge in [-0.25, -0.2) is 8.42 Å². The van der Waals surface area contributed by atoms with Crippen LogP contribution in [-0.4, -0.2) is 20.9 Å². The predicted octanol–water partition coefficient (Wildman–Crippen LogP) is 4.03. The molecule has 21 heavy (non-hydrogen) atoms. The van der Waals surface area contributed by atoms with Gasteiger partial charge in [0.15, 0.2) is 4.91 Å². The van der Waals surface area contributed by atoms with Crippen molar-refractivity contribution >= 4 is 44.1 Å². The van der Waals surface area contributed by atoms with Crippen LogP contribution in [0.2, 0.25) is 0 Å². The van der Waals surface area contributed by atoms with Gasteiger partial charge in [0.1, 0.15) is 6.07 Å². The zero-order valence-corrected chi connectivity index (χ0v) is 14.0. The van der Waals surface area contributed by atoms with Gasteiger partial charge in [-0.05, 0) is 35.4 Å². The summed E-state index contributed by atoms with van der Waals surface area (Å²) in [7, 11) is -3.79. The molecule has 2 aromatic carbocycles. The first-order chi connectivity index (χ1) is 10.0. The van der Waals surface area contributed by atoms with E-state index in [0.29, 0.717) is 4.24 Å². The first-order valence-electron chi connectivity index (χ1n) is 6.01. The van der Waals surface area contributed by atoms with E-state index in [9.17, 15) is 13.7 Å². The molecule has 0 unspecified atom stereocenters. The number of nitriles is 1. The molecule has 0 aliphatic heterocycles. The number of hydrogen-bond donors (Lipinski definition) is 0. The lowest BCUT2D eigenvalue weighted by Gasteiger charge is -2.08. The maximum atomic E-state index is 12.7. The van der Waals surface area contributed by atoms with Gasteiger partial charge in [0, 0.05) is 0 Å². The van der Waals surface area contributed by atoms with Gasteiger partial charge in [-0.1, -0.05) is 30.3 Å². The Morgan fingerprint density at radius 3 is 2.24 bits per heavy atom. The average molecular weight is 335 g/mol. The molecule has 6 heteroatoms. The number of rotatable bonds is 4. The van der Waals surface area contributed by atoms with Gasteiger partial charge in [0.25, 0.3) is 0 Å². The monoisotopic (exact) mass is 335 g/mol. The minimum absolute atomic E-state index is 0.151. The van der Waals surface area contributed by atoms with Crippen LogP contribution in [0.25, 0.3) is 10.8 Å². The Kier molecular flexibility index (Phi) is 4.99. The van der Waals surface area contributed by atoms with E-state index < -0.39 is 9.84 Å². The topological polar surface area (TPSA) is 57.9 Å². The molecule has 2 aromatic rings. The Labute approximate surface area is 133 Å². The number of benzene rings is 2. The number of nitrogens with zero attached hydrogens (tertiary/aromatic N) is 1. The zero-order valence-electron chi connectivity index (χ0n) is 11.5. The fraction of sp³-hybridized carbons (Fsp3) is 0.133. The first kappa shape index (κ1) is 16.0. The Morgan fingerprint density at radius 1 is 1.05 bits per heavy atom. The van der Waals surface area contributed by atoms with Crippen LogP contribution in [0.1, 0.15) is 0 Å². The molecule has 3 nitrogen and oxygen atoms in total. The fourth-order valence-electron chi connectivity index (χ4n) is 1.94. The summed E-state index contributed by atoms with van der Waals surface area (Å²) in [5.41, 5.74) is 0. The molecule has 0 aromatic heterocycles. The van der Waals surface area contributed by atoms with E-state index in [2.05, 4.69) is 0 Å². The van der Waals surface area contributed by atoms with Crippen LogP contribution in [0.3, 0.4) is 0 Å². The van der Waals surface area contributed by atoms with Crippen molar-refractivity contribution < 1.29 is 8.42 Å². The molecule has 0 atom stereocenters. The average Bonchev–Trinajstić information content (AvgIpc) is 2.51. The third kappa shape index (κ3) is 3.10. The van der Waals surface area contributed by atoms with Crippen molar-refractivity contribution in [2.24, 2.45) is 0 Å². The van der Waals surface area contributed by atoms with Crippen molar-refractivity contribution in [3.63, 3.8) is 0 Å². The van der Waals surface area contributed by atoms with Crippen molar-refractivity contribution in [2.45, 2.75) is 4.90 Å². The third-order valence-corrected chi connectivity index (χ3v) is 7.07. The molecule has 0 saturated carbocycles. The van der Waals surface area contributed by atoms with Gasteiger partial charge in [-0.15, -0.1) is 23.5 Å². The van der Waals surface area contributed by atoms with Crippen LogP contribution in [-0.2, 0) is 9.84 Å². The van der Waals surface area contributed by atoms with Crippen LogP contribution in [0.4, 0.5) is 0 Å². The normalized spacial score (nSPS) is 11.1. The lowest BCUT2D eigenvalue weighted by molar-refractivity contribution is 0.603. The van der Waals surface area contributed by atoms with Crippen LogP contribution in [0.5, 0.6) is 0 Å². The summed E-state index contributed by atoms with van der Waals surface area (Å²) < 4.78 is 25.8. The molecule has 0 spiro atoms. The summed E-state index contributed by atoms with van der Waals surface area (Å²) in [5.74, 6) is 0. The summed E-state index contributed by atoms with van der Waals surface area (Å²) in [6.45, 7) is 0. The standard InChI is InChI=1S/C15H13NO2S3/c1-19-15(20-2)14(10-16)21(17,18)13-8-7-11-5-3-4-6-12(11)9-13/h3-9H,1-2H3. The molecule has 0 saturated heterocycles. The molecule has 0 bridgehead atoms. The van der Waals surface area contributed by atoms with Crippen molar-refractivity contribution in [2.75, 3.05) is 12.5 Å². The molecule has 108 valence electrons. The highest BCUT2D eigenvalue weighted by atomic mass is 32.2. The number of sulfone groups is 1. The van der Waals surface area contributed by atoms with Gasteiger partial charge in [-0.2, -0.15) is 5.26 Å². The second-order valence-electron chi connectivity index (χ2n) is 4.15. The number of fused-ring (bicyclic) bond motifs is 1. The Balaban J connectivity index is 2.66. The van der Waals surface area contributed by atoms with Gasteiger partial charge in [-0.3, -0.25) is 0 Å². The van der Waals surface area contributed by atoms with E-state index in [1.54, 1.807) is 30.7 Å². The maximum Gasteiger partial charge on any atom is 0.218 e. The first-order valence-corrected chi connectivity index (χ1v) is 9.94. The molecule has 0 aliphatic carbocycles. The largest absolute Gasteiger partial charge is 0.218 e. The van der Waals surface area contributed by atoms with Crippen molar-refractivity contribution in [3.05, 3.63) is 51.6 Å². The van der Waals surface area contributed by atoms with E-state index >= 15 is 0 Å². The van der Waals surface area contributed by atoms with Gasteiger partial charge in [0.2, 0.25) is 9.84 Å². The summed E-state index contributed by atoms with van der Waals surface area (Å²) in [6, 6.07) is 14.3. The highest BCUT2D eigenvalue weighted by Gasteiger charge is 2.24. The van der Waals surface area contributed by atoms with Crippen molar-refractivity contribution in [1.82, 2.24) is 0 Å². The zero-order chi connectivity index (χ0) is 15.5. The van der Waals surface area contributed by atoms with E-state index in [1.807, 2.05) is 30.3 Å². The van der Waals surface area contributed by atoms with Crippen molar-refractivity contribution in [3.8, 4) is 6.07 Å². The molecular weight excluding hydrogens is 322 g/mol. The minimum Gasteiger partial charge on any atom is -0.218 e. The Morgan fingerprint density at radius 2 is 1.67 bits per heavy atom. The van der Waals surface area contributed by atoms with E-state index in [0.717, 1.165) is 10.8 Å². The van der Waals surface area contributed by atoms with Crippen LogP contribution in [0, 0.1) is 11.3 Å². The van der Waals surface area contributed by atoms with Crippen molar-refractivity contribution in [1.29, 1.82) is 5.26 Å². The quantitative estimate of drug-likeness (QED) is 0.790. The summed E-state index contributed by atoms with van der Waals surface area (Å²) in [6.07, 6.45) is 3.53. The van der Waals surface area contributed by atoms with Crippen LogP contribution in [0.15, 0.2) is 56.5 Å². The minimum atomic E-state index is -3.79. The molecule has 0 amide bonds. The smallest absolute Gasteiger partial charge is 0.218 e. The van der Waals surface area contributed by atoms with Crippen LogP contribution >= 0.6 is 23.5 Å². The highest BCUT2D eigenvalue weighted by Crippen LogP contribution is 2.33. The molecule has 0 N–H and O–H groups in total. The Bertz CT molecular complexity index is 843. The third-order valence-electron chi connectivity index (χ3n) is 2.96. The molecule has 0 fully saturated rings. The SMILES string of the molecule is CSC(SC)=C(C#N)S(=O)(=O)c1ccc2ccccc2c1. The summed E-state index contributed by atoms with van der Waals surface area (Å²) >= 11 is 2.54.